The molecular formula is C18H25ClN2O4. The van der Waals surface area contributed by atoms with Gasteiger partial charge in [-0.05, 0) is 51.5 Å². The van der Waals surface area contributed by atoms with Gasteiger partial charge in [0.05, 0.1) is 24.8 Å². The number of halogens is 1. The average molecular weight is 369 g/mol. The van der Waals surface area contributed by atoms with Gasteiger partial charge in [-0.25, -0.2) is 0 Å². The highest BCUT2D eigenvalue weighted by Crippen LogP contribution is 2.37. The third-order valence-electron chi connectivity index (χ3n) is 2.91. The van der Waals surface area contributed by atoms with Gasteiger partial charge >= 0.3 is 0 Å². The molecule has 0 radical (unpaired) electrons. The highest BCUT2D eigenvalue weighted by Gasteiger charge is 2.13. The van der Waals surface area contributed by atoms with Crippen molar-refractivity contribution in [3.8, 4) is 11.5 Å². The van der Waals surface area contributed by atoms with E-state index in [1.165, 1.54) is 13.2 Å². The molecule has 0 unspecified atom stereocenters. The van der Waals surface area contributed by atoms with Crippen molar-refractivity contribution in [3.05, 3.63) is 28.8 Å². The Morgan fingerprint density at radius 3 is 2.48 bits per heavy atom. The number of nitrogens with one attached hydrogen (secondary N) is 2. The third-order valence-corrected chi connectivity index (χ3v) is 3.19. The second kappa shape index (κ2) is 9.93. The Balaban J connectivity index is 2.75. The van der Waals surface area contributed by atoms with Crippen LogP contribution >= 0.6 is 11.6 Å². The number of hydrogen-bond donors (Lipinski definition) is 2. The monoisotopic (exact) mass is 368 g/mol. The molecule has 7 heteroatoms. The molecule has 2 amide bonds. The first kappa shape index (κ1) is 20.8. The summed E-state index contributed by atoms with van der Waals surface area (Å²) in [4.78, 5) is 23.3. The number of rotatable bonds is 8. The summed E-state index contributed by atoms with van der Waals surface area (Å²) in [6.45, 7) is 7.41. The molecule has 2 N–H and O–H groups in total. The molecule has 0 aromatic heterocycles. The van der Waals surface area contributed by atoms with Gasteiger partial charge in [0.1, 0.15) is 0 Å². The SMILES string of the molecule is COc1cc(/C=C/C(=O)NCC(=O)NC(C)C)cc(Cl)c1OC(C)C. The van der Waals surface area contributed by atoms with Gasteiger partial charge < -0.3 is 20.1 Å². The first-order valence-corrected chi connectivity index (χ1v) is 8.40. The van der Waals surface area contributed by atoms with Crippen LogP contribution in [0.2, 0.25) is 5.02 Å². The van der Waals surface area contributed by atoms with Crippen LogP contribution in [-0.2, 0) is 9.59 Å². The fourth-order valence-corrected chi connectivity index (χ4v) is 2.22. The van der Waals surface area contributed by atoms with Gasteiger partial charge in [0.2, 0.25) is 11.8 Å². The quantitative estimate of drug-likeness (QED) is 0.692. The molecular weight excluding hydrogens is 344 g/mol. The Morgan fingerprint density at radius 1 is 1.24 bits per heavy atom. The maximum atomic E-state index is 11.8. The van der Waals surface area contributed by atoms with Crippen molar-refractivity contribution in [3.63, 3.8) is 0 Å². The molecule has 0 aliphatic carbocycles. The Bertz CT molecular complexity index is 642. The highest BCUT2D eigenvalue weighted by atomic mass is 35.5. The second-order valence-corrected chi connectivity index (χ2v) is 6.38. The lowest BCUT2D eigenvalue weighted by Crippen LogP contribution is -2.39. The first-order valence-electron chi connectivity index (χ1n) is 8.02. The van der Waals surface area contributed by atoms with E-state index in [1.807, 2.05) is 27.7 Å². The van der Waals surface area contributed by atoms with E-state index in [9.17, 15) is 9.59 Å². The summed E-state index contributed by atoms with van der Waals surface area (Å²) in [6, 6.07) is 3.43. The smallest absolute Gasteiger partial charge is 0.244 e. The van der Waals surface area contributed by atoms with Gasteiger partial charge in [-0.2, -0.15) is 0 Å². The molecule has 0 saturated heterocycles. The molecule has 1 rings (SSSR count). The molecule has 0 heterocycles. The van der Waals surface area contributed by atoms with Crippen LogP contribution in [0.15, 0.2) is 18.2 Å². The minimum Gasteiger partial charge on any atom is -0.493 e. The summed E-state index contributed by atoms with van der Waals surface area (Å²) in [5.74, 6) is 0.330. The van der Waals surface area contributed by atoms with Crippen LogP contribution in [0.4, 0.5) is 0 Å². The van der Waals surface area contributed by atoms with Crippen LogP contribution < -0.4 is 20.1 Å². The van der Waals surface area contributed by atoms with E-state index < -0.39 is 0 Å². The maximum Gasteiger partial charge on any atom is 0.244 e. The van der Waals surface area contributed by atoms with Gasteiger partial charge in [-0.3, -0.25) is 9.59 Å². The van der Waals surface area contributed by atoms with E-state index in [4.69, 9.17) is 21.1 Å². The fourth-order valence-electron chi connectivity index (χ4n) is 1.96. The first-order chi connectivity index (χ1) is 11.7. The summed E-state index contributed by atoms with van der Waals surface area (Å²) in [6.07, 6.45) is 2.87. The van der Waals surface area contributed by atoms with Crippen molar-refractivity contribution < 1.29 is 19.1 Å². The number of amides is 2. The standard InChI is InChI=1S/C18H25ClN2O4/c1-11(2)21-17(23)10-20-16(22)7-6-13-8-14(19)18(25-12(3)4)15(9-13)24-5/h6-9,11-12H,10H2,1-5H3,(H,20,22)(H,21,23)/b7-6+. The summed E-state index contributed by atoms with van der Waals surface area (Å²) >= 11 is 6.23. The molecule has 0 aliphatic heterocycles. The second-order valence-electron chi connectivity index (χ2n) is 5.97. The topological polar surface area (TPSA) is 76.7 Å². The molecule has 0 saturated carbocycles. The maximum absolute atomic E-state index is 11.8. The van der Waals surface area contributed by atoms with Crippen LogP contribution in [0.25, 0.3) is 6.08 Å². The number of carbonyl (C=O) groups excluding carboxylic acids is 2. The Kier molecular flexibility index (Phi) is 8.28. The van der Waals surface area contributed by atoms with E-state index >= 15 is 0 Å². The molecule has 0 bridgehead atoms. The van der Waals surface area contributed by atoms with Gasteiger partial charge in [0, 0.05) is 12.1 Å². The van der Waals surface area contributed by atoms with E-state index in [2.05, 4.69) is 10.6 Å². The molecule has 1 aromatic rings. The van der Waals surface area contributed by atoms with Crippen molar-refractivity contribution in [2.24, 2.45) is 0 Å². The van der Waals surface area contributed by atoms with E-state index in [0.717, 1.165) is 0 Å². The lowest BCUT2D eigenvalue weighted by molar-refractivity contribution is -0.124. The molecule has 0 fully saturated rings. The number of hydrogen-bond acceptors (Lipinski definition) is 4. The number of benzene rings is 1. The fraction of sp³-hybridized carbons (Fsp3) is 0.444. The zero-order chi connectivity index (χ0) is 19.0. The Morgan fingerprint density at radius 2 is 1.92 bits per heavy atom. The minimum atomic E-state index is -0.378. The Hall–Kier alpha value is -2.21. The molecule has 0 spiro atoms. The largest absolute Gasteiger partial charge is 0.493 e. The van der Waals surface area contributed by atoms with E-state index in [1.54, 1.807) is 18.2 Å². The molecule has 0 aliphatic rings. The van der Waals surface area contributed by atoms with Gasteiger partial charge in [-0.1, -0.05) is 11.6 Å². The predicted molar refractivity (Wildman–Crippen MR) is 99.1 cm³/mol. The van der Waals surface area contributed by atoms with Crippen molar-refractivity contribution in [2.45, 2.75) is 39.8 Å². The third kappa shape index (κ3) is 7.47. The van der Waals surface area contributed by atoms with Crippen LogP contribution in [0.5, 0.6) is 11.5 Å². The molecule has 6 nitrogen and oxygen atoms in total. The van der Waals surface area contributed by atoms with Crippen LogP contribution in [0.1, 0.15) is 33.3 Å². The van der Waals surface area contributed by atoms with Gasteiger partial charge in [0.25, 0.3) is 0 Å². The van der Waals surface area contributed by atoms with Crippen molar-refractivity contribution in [1.29, 1.82) is 0 Å². The Labute approximate surface area is 153 Å². The van der Waals surface area contributed by atoms with Crippen LogP contribution in [-0.4, -0.2) is 37.6 Å². The summed E-state index contributed by atoms with van der Waals surface area (Å²) in [5, 5.41) is 5.60. The molecule has 1 aromatic carbocycles. The zero-order valence-electron chi connectivity index (χ0n) is 15.2. The lowest BCUT2D eigenvalue weighted by Gasteiger charge is -2.15. The normalized spacial score (nSPS) is 11.0. The summed E-state index contributed by atoms with van der Waals surface area (Å²) in [7, 11) is 1.52. The number of ether oxygens (including phenoxy) is 2. The summed E-state index contributed by atoms with van der Waals surface area (Å²) in [5.41, 5.74) is 0.680. The van der Waals surface area contributed by atoms with Gasteiger partial charge in [0.15, 0.2) is 11.5 Å². The van der Waals surface area contributed by atoms with Crippen LogP contribution in [0.3, 0.4) is 0 Å². The van der Waals surface area contributed by atoms with Gasteiger partial charge in [-0.15, -0.1) is 0 Å². The van der Waals surface area contributed by atoms with Crippen molar-refractivity contribution >= 4 is 29.5 Å². The number of methoxy groups -OCH3 is 1. The predicted octanol–water partition coefficient (Wildman–Crippen LogP) is 2.79. The van der Waals surface area contributed by atoms with E-state index in [-0.39, 0.29) is 30.5 Å². The van der Waals surface area contributed by atoms with E-state index in [0.29, 0.717) is 22.1 Å². The minimum absolute atomic E-state index is 0.0288. The van der Waals surface area contributed by atoms with Crippen molar-refractivity contribution in [1.82, 2.24) is 10.6 Å². The zero-order valence-corrected chi connectivity index (χ0v) is 15.9. The average Bonchev–Trinajstić information content (AvgIpc) is 2.52. The summed E-state index contributed by atoms with van der Waals surface area (Å²) < 4.78 is 10.9. The highest BCUT2D eigenvalue weighted by molar-refractivity contribution is 6.32. The van der Waals surface area contributed by atoms with Crippen molar-refractivity contribution in [2.75, 3.05) is 13.7 Å². The molecule has 0 atom stereocenters. The molecule has 25 heavy (non-hydrogen) atoms. The molecule has 138 valence electrons. The lowest BCUT2D eigenvalue weighted by atomic mass is 10.2. The number of carbonyl (C=O) groups is 2. The van der Waals surface area contributed by atoms with Crippen LogP contribution in [0, 0.1) is 0 Å².